The summed E-state index contributed by atoms with van der Waals surface area (Å²) in [6.07, 6.45) is 1.64. The summed E-state index contributed by atoms with van der Waals surface area (Å²) in [5, 5.41) is 2.68. The van der Waals surface area contributed by atoms with Gasteiger partial charge in [0.25, 0.3) is 11.1 Å². The SMILES string of the molecule is COc1cccc(/C=C2\SC(=O)N(CCOc3cccc4ccccc34)C2=O)c1OCc1ccc(Cl)cc1Cl. The van der Waals surface area contributed by atoms with Crippen LogP contribution >= 0.6 is 35.0 Å². The van der Waals surface area contributed by atoms with Crippen molar-refractivity contribution in [1.82, 2.24) is 4.90 Å². The molecular weight excluding hydrogens is 557 g/mol. The van der Waals surface area contributed by atoms with Gasteiger partial charge in [-0.2, -0.15) is 0 Å². The number of para-hydroxylation sites is 1. The molecule has 1 heterocycles. The first-order chi connectivity index (χ1) is 18.9. The fraction of sp³-hybridized carbons (Fsp3) is 0.133. The molecule has 4 aromatic carbocycles. The van der Waals surface area contributed by atoms with Crippen LogP contribution in [0.2, 0.25) is 10.0 Å². The molecule has 0 unspecified atom stereocenters. The Balaban J connectivity index is 1.31. The van der Waals surface area contributed by atoms with Crippen LogP contribution in [0, 0.1) is 0 Å². The topological polar surface area (TPSA) is 65.1 Å². The fourth-order valence-corrected chi connectivity index (χ4v) is 5.47. The Morgan fingerprint density at radius 2 is 1.67 bits per heavy atom. The Labute approximate surface area is 240 Å². The molecular formula is C30H23Cl2NO5S. The van der Waals surface area contributed by atoms with E-state index in [2.05, 4.69) is 0 Å². The normalized spacial score (nSPS) is 14.3. The first kappa shape index (κ1) is 26.9. The third-order valence-electron chi connectivity index (χ3n) is 6.10. The van der Waals surface area contributed by atoms with Crippen LogP contribution < -0.4 is 14.2 Å². The predicted molar refractivity (Wildman–Crippen MR) is 156 cm³/mol. The Kier molecular flexibility index (Phi) is 8.31. The summed E-state index contributed by atoms with van der Waals surface area (Å²) in [6.45, 7) is 0.459. The fourth-order valence-electron chi connectivity index (χ4n) is 4.15. The van der Waals surface area contributed by atoms with Gasteiger partial charge in [-0.1, -0.05) is 77.8 Å². The molecule has 6 nitrogen and oxygen atoms in total. The van der Waals surface area contributed by atoms with Crippen molar-refractivity contribution in [2.75, 3.05) is 20.3 Å². The van der Waals surface area contributed by atoms with Gasteiger partial charge in [-0.25, -0.2) is 0 Å². The third kappa shape index (κ3) is 6.01. The first-order valence-corrected chi connectivity index (χ1v) is 13.6. The Morgan fingerprint density at radius 3 is 2.49 bits per heavy atom. The van der Waals surface area contributed by atoms with E-state index in [1.165, 1.54) is 12.0 Å². The molecule has 0 radical (unpaired) electrons. The highest BCUT2D eigenvalue weighted by molar-refractivity contribution is 8.18. The molecule has 0 N–H and O–H groups in total. The van der Waals surface area contributed by atoms with Crippen molar-refractivity contribution >= 4 is 63.0 Å². The molecule has 0 saturated carbocycles. The second kappa shape index (κ2) is 12.0. The number of imide groups is 1. The Morgan fingerprint density at radius 1 is 0.897 bits per heavy atom. The van der Waals surface area contributed by atoms with E-state index in [4.69, 9.17) is 37.4 Å². The van der Waals surface area contributed by atoms with Gasteiger partial charge in [-0.05, 0) is 47.5 Å². The molecule has 39 heavy (non-hydrogen) atoms. The summed E-state index contributed by atoms with van der Waals surface area (Å²) in [7, 11) is 1.53. The van der Waals surface area contributed by atoms with Crippen LogP contribution in [0.4, 0.5) is 4.79 Å². The number of hydrogen-bond donors (Lipinski definition) is 0. The van der Waals surface area contributed by atoms with Gasteiger partial charge >= 0.3 is 0 Å². The van der Waals surface area contributed by atoms with Crippen molar-refractivity contribution < 1.29 is 23.8 Å². The third-order valence-corrected chi connectivity index (χ3v) is 7.59. The zero-order valence-corrected chi connectivity index (χ0v) is 23.2. The average Bonchev–Trinajstić information content (AvgIpc) is 3.20. The smallest absolute Gasteiger partial charge is 0.293 e. The summed E-state index contributed by atoms with van der Waals surface area (Å²) in [4.78, 5) is 27.3. The molecule has 0 bridgehead atoms. The maximum Gasteiger partial charge on any atom is 0.293 e. The molecule has 0 atom stereocenters. The largest absolute Gasteiger partial charge is 0.493 e. The number of methoxy groups -OCH3 is 1. The lowest BCUT2D eigenvalue weighted by molar-refractivity contribution is -0.123. The lowest BCUT2D eigenvalue weighted by Crippen LogP contribution is -2.32. The summed E-state index contributed by atoms with van der Waals surface area (Å²) >= 11 is 13.2. The van der Waals surface area contributed by atoms with Crippen LogP contribution in [0.15, 0.2) is 83.8 Å². The molecule has 2 amide bonds. The van der Waals surface area contributed by atoms with E-state index in [1.807, 2.05) is 42.5 Å². The molecule has 1 aliphatic heterocycles. The Hall–Kier alpha value is -3.65. The number of carbonyl (C=O) groups is 2. The van der Waals surface area contributed by atoms with E-state index in [0.717, 1.165) is 28.1 Å². The summed E-state index contributed by atoms with van der Waals surface area (Å²) in [6, 6.07) is 24.2. The number of carbonyl (C=O) groups excluding carboxylic acids is 2. The quantitative estimate of drug-likeness (QED) is 0.188. The molecule has 9 heteroatoms. The van der Waals surface area contributed by atoms with Gasteiger partial charge in [0.2, 0.25) is 0 Å². The summed E-state index contributed by atoms with van der Waals surface area (Å²) < 4.78 is 17.5. The monoisotopic (exact) mass is 579 g/mol. The zero-order chi connectivity index (χ0) is 27.4. The van der Waals surface area contributed by atoms with E-state index in [1.54, 1.807) is 42.5 Å². The zero-order valence-electron chi connectivity index (χ0n) is 20.9. The summed E-state index contributed by atoms with van der Waals surface area (Å²) in [5.74, 6) is 1.23. The number of amides is 2. The number of ether oxygens (including phenoxy) is 3. The van der Waals surface area contributed by atoms with E-state index in [9.17, 15) is 9.59 Å². The van der Waals surface area contributed by atoms with E-state index < -0.39 is 0 Å². The highest BCUT2D eigenvalue weighted by atomic mass is 35.5. The number of halogens is 2. The minimum atomic E-state index is -0.388. The van der Waals surface area contributed by atoms with Gasteiger partial charge < -0.3 is 14.2 Å². The number of hydrogen-bond acceptors (Lipinski definition) is 6. The lowest BCUT2D eigenvalue weighted by atomic mass is 10.1. The van der Waals surface area contributed by atoms with Gasteiger partial charge in [-0.15, -0.1) is 0 Å². The standard InChI is InChI=1S/C30H23Cl2NO5S/c1-36-26-11-5-8-20(28(26)38-18-21-12-13-22(31)17-24(21)32)16-27-29(34)33(30(35)39-27)14-15-37-25-10-4-7-19-6-2-3-9-23(19)25/h2-13,16-17H,14-15,18H2,1H3/b27-16-. The number of nitrogens with zero attached hydrogens (tertiary/aromatic N) is 1. The highest BCUT2D eigenvalue weighted by Crippen LogP contribution is 2.38. The molecule has 1 fully saturated rings. The van der Waals surface area contributed by atoms with Gasteiger partial charge in [-0.3, -0.25) is 14.5 Å². The maximum absolute atomic E-state index is 13.2. The van der Waals surface area contributed by atoms with Crippen molar-refractivity contribution in [2.45, 2.75) is 6.61 Å². The van der Waals surface area contributed by atoms with Gasteiger partial charge in [0.15, 0.2) is 11.5 Å². The highest BCUT2D eigenvalue weighted by Gasteiger charge is 2.35. The molecule has 5 rings (SSSR count). The van der Waals surface area contributed by atoms with Gasteiger partial charge in [0.1, 0.15) is 19.0 Å². The van der Waals surface area contributed by atoms with Crippen LogP contribution in [0.5, 0.6) is 17.2 Å². The molecule has 1 saturated heterocycles. The molecule has 198 valence electrons. The second-order valence-electron chi connectivity index (χ2n) is 8.56. The van der Waals surface area contributed by atoms with Crippen molar-refractivity contribution in [3.8, 4) is 17.2 Å². The number of fused-ring (bicyclic) bond motifs is 1. The lowest BCUT2D eigenvalue weighted by Gasteiger charge is -2.15. The van der Waals surface area contributed by atoms with E-state index >= 15 is 0 Å². The maximum atomic E-state index is 13.2. The van der Waals surface area contributed by atoms with Crippen LogP contribution in [-0.4, -0.2) is 36.3 Å². The molecule has 0 aromatic heterocycles. The summed E-state index contributed by atoms with van der Waals surface area (Å²) in [5.41, 5.74) is 1.33. The molecule has 0 aliphatic carbocycles. The van der Waals surface area contributed by atoms with Crippen molar-refractivity contribution in [2.24, 2.45) is 0 Å². The molecule has 1 aliphatic rings. The first-order valence-electron chi connectivity index (χ1n) is 12.0. The van der Waals surface area contributed by atoms with Gasteiger partial charge in [0, 0.05) is 26.6 Å². The van der Waals surface area contributed by atoms with E-state index in [-0.39, 0.29) is 35.8 Å². The minimum Gasteiger partial charge on any atom is -0.493 e. The average molecular weight is 580 g/mol. The van der Waals surface area contributed by atoms with E-state index in [0.29, 0.717) is 32.9 Å². The number of thioether (sulfide) groups is 1. The van der Waals surface area contributed by atoms with Crippen LogP contribution in [0.25, 0.3) is 16.8 Å². The van der Waals surface area contributed by atoms with Crippen molar-refractivity contribution in [1.29, 1.82) is 0 Å². The minimum absolute atomic E-state index is 0.127. The van der Waals surface area contributed by atoms with Crippen molar-refractivity contribution in [3.05, 3.63) is 105 Å². The molecule has 0 spiro atoms. The predicted octanol–water partition coefficient (Wildman–Crippen LogP) is 7.85. The Bertz CT molecular complexity index is 1580. The van der Waals surface area contributed by atoms with Crippen LogP contribution in [0.3, 0.4) is 0 Å². The molecule has 4 aromatic rings. The van der Waals surface area contributed by atoms with Gasteiger partial charge in [0.05, 0.1) is 18.6 Å². The van der Waals surface area contributed by atoms with Crippen LogP contribution in [-0.2, 0) is 11.4 Å². The van der Waals surface area contributed by atoms with Crippen LogP contribution in [0.1, 0.15) is 11.1 Å². The van der Waals surface area contributed by atoms with Crippen molar-refractivity contribution in [3.63, 3.8) is 0 Å². The number of benzene rings is 4. The second-order valence-corrected chi connectivity index (χ2v) is 10.4. The number of rotatable bonds is 9.